The summed E-state index contributed by atoms with van der Waals surface area (Å²) in [6, 6.07) is 12.6. The average molecular weight is 368 g/mol. The van der Waals surface area contributed by atoms with Crippen LogP contribution in [0.1, 0.15) is 25.5 Å². The van der Waals surface area contributed by atoms with Crippen molar-refractivity contribution in [3.05, 3.63) is 66.2 Å². The Morgan fingerprint density at radius 2 is 1.81 bits per heavy atom. The third kappa shape index (κ3) is 4.49. The molecule has 0 fully saturated rings. The normalized spacial score (nSPS) is 13.1. The van der Waals surface area contributed by atoms with E-state index in [9.17, 15) is 14.0 Å². The summed E-state index contributed by atoms with van der Waals surface area (Å²) in [4.78, 5) is 28.1. The van der Waals surface area contributed by atoms with Crippen LogP contribution < -0.4 is 10.6 Å². The van der Waals surface area contributed by atoms with Crippen LogP contribution in [0.25, 0.3) is 11.0 Å². The molecule has 3 aromatic rings. The summed E-state index contributed by atoms with van der Waals surface area (Å²) in [5.74, 6) is -0.941. The van der Waals surface area contributed by atoms with Gasteiger partial charge >= 0.3 is 0 Å². The lowest BCUT2D eigenvalue weighted by Crippen LogP contribution is -2.45. The van der Waals surface area contributed by atoms with Crippen LogP contribution >= 0.6 is 0 Å². The summed E-state index contributed by atoms with van der Waals surface area (Å²) in [6.45, 7) is 3.40. The highest BCUT2D eigenvalue weighted by atomic mass is 19.1. The molecule has 2 aromatic carbocycles. The van der Waals surface area contributed by atoms with Crippen LogP contribution in [0.4, 0.5) is 4.39 Å². The second kappa shape index (κ2) is 7.99. The molecule has 27 heavy (non-hydrogen) atoms. The Hall–Kier alpha value is -3.22. The molecule has 0 bridgehead atoms. The number of nitrogens with one attached hydrogen (secondary N) is 2. The highest BCUT2D eigenvalue weighted by Crippen LogP contribution is 2.20. The van der Waals surface area contributed by atoms with E-state index in [1.807, 2.05) is 28.8 Å². The van der Waals surface area contributed by atoms with Gasteiger partial charge in [0, 0.05) is 13.5 Å². The number of aromatic nitrogens is 2. The highest BCUT2D eigenvalue weighted by molar-refractivity contribution is 5.86. The van der Waals surface area contributed by atoms with Gasteiger partial charge in [0.25, 0.3) is 0 Å². The maximum absolute atomic E-state index is 13.3. The van der Waals surface area contributed by atoms with E-state index < -0.39 is 12.1 Å². The fraction of sp³-hybridized carbons (Fsp3) is 0.250. The second-order valence-electron chi connectivity index (χ2n) is 6.42. The number of hydrogen-bond donors (Lipinski definition) is 2. The van der Waals surface area contributed by atoms with E-state index in [-0.39, 0.29) is 17.6 Å². The standard InChI is InChI=1S/C20H21FN4O2/c1-13(23-14(2)26)20(27)24-18(15-7-9-16(21)10-8-15)11-25-12-22-17-5-3-4-6-19(17)25/h3-10,12-13,18H,11H2,1-2H3,(H,23,26)(H,24,27). The molecule has 7 heteroatoms. The van der Waals surface area contributed by atoms with Crippen LogP contribution in [0, 0.1) is 5.82 Å². The Bertz CT molecular complexity index is 952. The second-order valence-corrected chi connectivity index (χ2v) is 6.42. The van der Waals surface area contributed by atoms with Gasteiger partial charge in [-0.3, -0.25) is 9.59 Å². The molecule has 0 radical (unpaired) electrons. The minimum Gasteiger partial charge on any atom is -0.346 e. The van der Waals surface area contributed by atoms with Crippen molar-refractivity contribution in [1.82, 2.24) is 20.2 Å². The predicted molar refractivity (Wildman–Crippen MR) is 100 cm³/mol. The molecule has 0 aliphatic heterocycles. The minimum absolute atomic E-state index is 0.281. The molecule has 0 saturated heterocycles. The first-order chi connectivity index (χ1) is 12.9. The fourth-order valence-electron chi connectivity index (χ4n) is 2.95. The van der Waals surface area contributed by atoms with Gasteiger partial charge in [0.1, 0.15) is 11.9 Å². The molecule has 1 aromatic heterocycles. The van der Waals surface area contributed by atoms with E-state index in [0.29, 0.717) is 6.54 Å². The number of nitrogens with zero attached hydrogens (tertiary/aromatic N) is 2. The molecule has 0 spiro atoms. The maximum Gasteiger partial charge on any atom is 0.242 e. The Balaban J connectivity index is 1.86. The predicted octanol–water partition coefficient (Wildman–Crippen LogP) is 2.56. The smallest absolute Gasteiger partial charge is 0.242 e. The van der Waals surface area contributed by atoms with Gasteiger partial charge in [-0.15, -0.1) is 0 Å². The number of carbonyl (C=O) groups is 2. The van der Waals surface area contributed by atoms with Crippen LogP contribution in [0.5, 0.6) is 0 Å². The number of halogens is 1. The third-order valence-corrected chi connectivity index (χ3v) is 4.31. The number of amides is 2. The Labute approximate surface area is 156 Å². The molecule has 0 aliphatic rings. The summed E-state index contributed by atoms with van der Waals surface area (Å²) < 4.78 is 15.3. The Kier molecular flexibility index (Phi) is 5.49. The summed E-state index contributed by atoms with van der Waals surface area (Å²) in [5, 5.41) is 5.50. The van der Waals surface area contributed by atoms with Crippen molar-refractivity contribution in [2.24, 2.45) is 0 Å². The maximum atomic E-state index is 13.3. The molecular weight excluding hydrogens is 347 g/mol. The van der Waals surface area contributed by atoms with Crippen LogP contribution in [-0.4, -0.2) is 27.4 Å². The van der Waals surface area contributed by atoms with Crippen molar-refractivity contribution in [2.75, 3.05) is 0 Å². The van der Waals surface area contributed by atoms with Crippen LogP contribution in [0.2, 0.25) is 0 Å². The molecule has 2 atom stereocenters. The number of carbonyl (C=O) groups excluding carboxylic acids is 2. The number of fused-ring (bicyclic) bond motifs is 1. The average Bonchev–Trinajstić information content (AvgIpc) is 3.04. The summed E-state index contributed by atoms with van der Waals surface area (Å²) in [6.07, 6.45) is 1.71. The quantitative estimate of drug-likeness (QED) is 0.702. The number of imidazole rings is 1. The van der Waals surface area contributed by atoms with Gasteiger partial charge in [0.15, 0.2) is 0 Å². The molecule has 0 aliphatic carbocycles. The minimum atomic E-state index is -0.676. The SMILES string of the molecule is CC(=O)NC(C)C(=O)NC(Cn1cnc2ccccc21)c1ccc(F)cc1. The van der Waals surface area contributed by atoms with Gasteiger partial charge in [-0.05, 0) is 36.8 Å². The Morgan fingerprint density at radius 1 is 1.11 bits per heavy atom. The van der Waals surface area contributed by atoms with E-state index in [1.165, 1.54) is 19.1 Å². The third-order valence-electron chi connectivity index (χ3n) is 4.31. The first-order valence-electron chi connectivity index (χ1n) is 8.67. The number of rotatable bonds is 6. The molecular formula is C20H21FN4O2. The molecule has 3 rings (SSSR count). The van der Waals surface area contributed by atoms with Crippen LogP contribution in [-0.2, 0) is 16.1 Å². The molecule has 6 nitrogen and oxygen atoms in total. The summed E-state index contributed by atoms with van der Waals surface area (Å²) in [5.41, 5.74) is 2.56. The van der Waals surface area contributed by atoms with Crippen molar-refractivity contribution in [2.45, 2.75) is 32.5 Å². The first kappa shape index (κ1) is 18.6. The molecule has 2 N–H and O–H groups in total. The lowest BCUT2D eigenvalue weighted by atomic mass is 10.1. The van der Waals surface area contributed by atoms with E-state index in [4.69, 9.17) is 0 Å². The van der Waals surface area contributed by atoms with E-state index >= 15 is 0 Å². The van der Waals surface area contributed by atoms with Crippen molar-refractivity contribution in [3.63, 3.8) is 0 Å². The molecule has 0 saturated carbocycles. The van der Waals surface area contributed by atoms with Gasteiger partial charge in [-0.25, -0.2) is 9.37 Å². The van der Waals surface area contributed by atoms with Crippen molar-refractivity contribution in [1.29, 1.82) is 0 Å². The monoisotopic (exact) mass is 368 g/mol. The molecule has 2 unspecified atom stereocenters. The van der Waals surface area contributed by atoms with Crippen molar-refractivity contribution in [3.8, 4) is 0 Å². The number of para-hydroxylation sites is 2. The molecule has 140 valence electrons. The van der Waals surface area contributed by atoms with E-state index in [0.717, 1.165) is 16.6 Å². The molecule has 1 heterocycles. The van der Waals surface area contributed by atoms with Gasteiger partial charge in [0.05, 0.1) is 23.4 Å². The van der Waals surface area contributed by atoms with E-state index in [1.54, 1.807) is 25.4 Å². The van der Waals surface area contributed by atoms with E-state index in [2.05, 4.69) is 15.6 Å². The van der Waals surface area contributed by atoms with Crippen LogP contribution in [0.3, 0.4) is 0 Å². The largest absolute Gasteiger partial charge is 0.346 e. The zero-order valence-corrected chi connectivity index (χ0v) is 15.1. The topological polar surface area (TPSA) is 76.0 Å². The number of benzene rings is 2. The van der Waals surface area contributed by atoms with Crippen molar-refractivity contribution < 1.29 is 14.0 Å². The van der Waals surface area contributed by atoms with Crippen molar-refractivity contribution >= 4 is 22.8 Å². The van der Waals surface area contributed by atoms with Gasteiger partial charge in [-0.1, -0.05) is 24.3 Å². The Morgan fingerprint density at radius 3 is 2.52 bits per heavy atom. The van der Waals surface area contributed by atoms with Gasteiger partial charge < -0.3 is 15.2 Å². The lowest BCUT2D eigenvalue weighted by Gasteiger charge is -2.22. The van der Waals surface area contributed by atoms with Gasteiger partial charge in [0.2, 0.25) is 11.8 Å². The van der Waals surface area contributed by atoms with Gasteiger partial charge in [-0.2, -0.15) is 0 Å². The fourth-order valence-corrected chi connectivity index (χ4v) is 2.95. The van der Waals surface area contributed by atoms with Crippen LogP contribution in [0.15, 0.2) is 54.9 Å². The number of hydrogen-bond acceptors (Lipinski definition) is 3. The summed E-state index contributed by atoms with van der Waals surface area (Å²) >= 11 is 0. The lowest BCUT2D eigenvalue weighted by molar-refractivity contribution is -0.128. The first-order valence-corrected chi connectivity index (χ1v) is 8.67. The zero-order chi connectivity index (χ0) is 19.4. The molecule has 2 amide bonds. The summed E-state index contributed by atoms with van der Waals surface area (Å²) in [7, 11) is 0. The highest BCUT2D eigenvalue weighted by Gasteiger charge is 2.21. The zero-order valence-electron chi connectivity index (χ0n) is 15.1.